The van der Waals surface area contributed by atoms with Gasteiger partial charge < -0.3 is 29.0 Å². The van der Waals surface area contributed by atoms with Crippen molar-refractivity contribution in [3.05, 3.63) is 71.8 Å². The highest BCUT2D eigenvalue weighted by Gasteiger charge is 2.51. The van der Waals surface area contributed by atoms with Crippen molar-refractivity contribution in [3.63, 3.8) is 0 Å². The SMILES string of the molecule is Br.COC(=O)[C@@H]1CC(=O)CN1C(=O)OCc1ccccc1.COC(=O)[C@@H]1CC2(CN1)SCCCS2.COC(=O)[C@@H]1CC2(CN1C(=O)OCc1ccccc1)SCCCS2.SCCCS. The monoisotopic (exact) mass is 1070 g/mol. The molecule has 5 aliphatic heterocycles. The van der Waals surface area contributed by atoms with Crippen LogP contribution in [0.25, 0.3) is 0 Å². The van der Waals surface area contributed by atoms with Crippen LogP contribution in [0, 0.1) is 0 Å². The number of nitrogens with one attached hydrogen (secondary N) is 1. The second-order valence-corrected chi connectivity index (χ2v) is 22.1. The zero-order valence-corrected chi connectivity index (χ0v) is 43.1. The van der Waals surface area contributed by atoms with Gasteiger partial charge in [-0.05, 0) is 71.3 Å². The maximum atomic E-state index is 12.6. The van der Waals surface area contributed by atoms with Crippen molar-refractivity contribution in [3.8, 4) is 0 Å². The molecule has 0 saturated carbocycles. The summed E-state index contributed by atoms with van der Waals surface area (Å²) in [6, 6.07) is 17.2. The highest BCUT2D eigenvalue weighted by Crippen LogP contribution is 2.51. The van der Waals surface area contributed by atoms with E-state index in [4.69, 9.17) is 18.9 Å². The second kappa shape index (κ2) is 29.4. The molecular weight excluding hydrogens is 1010 g/mol. The number of ether oxygens (including phenoxy) is 5. The number of hydrogen-bond acceptors (Lipinski definition) is 18. The van der Waals surface area contributed by atoms with Crippen LogP contribution < -0.4 is 5.32 Å². The number of carbonyl (C=O) groups excluding carboxylic acids is 6. The largest absolute Gasteiger partial charge is 0.468 e. The lowest BCUT2D eigenvalue weighted by molar-refractivity contribution is -0.146. The van der Waals surface area contributed by atoms with Gasteiger partial charge in [-0.25, -0.2) is 19.2 Å². The number of esters is 3. The van der Waals surface area contributed by atoms with E-state index in [1.54, 1.807) is 4.90 Å². The molecule has 64 heavy (non-hydrogen) atoms. The van der Waals surface area contributed by atoms with E-state index in [0.717, 1.165) is 58.4 Å². The number of Topliss-reactive ketones (excluding diaryl/α,β-unsaturated/α-hetero) is 1. The minimum absolute atomic E-state index is 0. The van der Waals surface area contributed by atoms with Gasteiger partial charge in [-0.15, -0.1) is 64.0 Å². The molecule has 7 rings (SSSR count). The van der Waals surface area contributed by atoms with E-state index in [2.05, 4.69) is 35.3 Å². The summed E-state index contributed by atoms with van der Waals surface area (Å²) in [5.74, 6) is 5.23. The molecule has 2 aromatic carbocycles. The Bertz CT molecular complexity index is 1780. The van der Waals surface area contributed by atoms with Gasteiger partial charge in [0.2, 0.25) is 0 Å². The standard InChI is InChI=1S/C17H21NO4S2.C14H15NO5.C9H15NO2S2.C3H8S2.BrH/c1-21-15(19)14-10-17(23-8-5-9-24-17)12-18(14)16(20)22-11-13-6-3-2-4-7-13;1-19-13(17)12-7-11(16)8-15(12)14(18)20-9-10-5-3-2-4-6-10;1-12-8(11)7-5-9(6-10-7)13-3-2-4-14-9;4-2-1-3-5;/h2-4,6-7,14H,5,8-12H2,1H3;2-6,12H,7-9H2,1H3;7,10H,2-6H2,1H3;4-5H,1-3H2;1H/t14-;12-;7-;;/m000../s1. The number of halogens is 1. The van der Waals surface area contributed by atoms with Crippen LogP contribution in [0.2, 0.25) is 0 Å². The summed E-state index contributed by atoms with van der Waals surface area (Å²) in [6.45, 7) is 1.64. The molecule has 5 heterocycles. The summed E-state index contributed by atoms with van der Waals surface area (Å²) < 4.78 is 24.9. The molecule has 3 atom stereocenters. The quantitative estimate of drug-likeness (QED) is 0.131. The van der Waals surface area contributed by atoms with E-state index in [1.165, 1.54) is 45.7 Å². The maximum absolute atomic E-state index is 12.6. The van der Waals surface area contributed by atoms with Gasteiger partial charge >= 0.3 is 30.1 Å². The lowest BCUT2D eigenvalue weighted by Crippen LogP contribution is -2.41. The third-order valence-corrected chi connectivity index (χ3v) is 17.6. The molecule has 5 saturated heterocycles. The number of nitrogens with zero attached hydrogens (tertiary/aromatic N) is 2. The molecule has 2 amide bonds. The van der Waals surface area contributed by atoms with E-state index in [0.29, 0.717) is 13.0 Å². The molecule has 0 radical (unpaired) electrons. The van der Waals surface area contributed by atoms with Crippen molar-refractivity contribution in [2.75, 3.05) is 75.5 Å². The highest BCUT2D eigenvalue weighted by atomic mass is 79.9. The minimum atomic E-state index is -0.879. The van der Waals surface area contributed by atoms with E-state index in [-0.39, 0.29) is 75.1 Å². The predicted molar refractivity (Wildman–Crippen MR) is 268 cm³/mol. The molecule has 0 aliphatic carbocycles. The van der Waals surface area contributed by atoms with Crippen LogP contribution >= 0.6 is 89.3 Å². The summed E-state index contributed by atoms with van der Waals surface area (Å²) in [6.07, 6.45) is 3.95. The Balaban J connectivity index is 0.000000247. The fourth-order valence-corrected chi connectivity index (χ4v) is 14.2. The highest BCUT2D eigenvalue weighted by molar-refractivity contribution is 8.93. The summed E-state index contributed by atoms with van der Waals surface area (Å²) in [4.78, 5) is 73.5. The number of thioether (sulfide) groups is 4. The summed E-state index contributed by atoms with van der Waals surface area (Å²) in [5.41, 5.74) is 1.76. The van der Waals surface area contributed by atoms with Crippen LogP contribution in [0.5, 0.6) is 0 Å². The zero-order chi connectivity index (χ0) is 45.7. The maximum Gasteiger partial charge on any atom is 0.411 e. The van der Waals surface area contributed by atoms with Crippen LogP contribution in [0.15, 0.2) is 60.7 Å². The van der Waals surface area contributed by atoms with Crippen molar-refractivity contribution < 1.29 is 52.5 Å². The number of hydrogen-bond donors (Lipinski definition) is 3. The summed E-state index contributed by atoms with van der Waals surface area (Å²) >= 11 is 15.6. The molecule has 0 aromatic heterocycles. The summed E-state index contributed by atoms with van der Waals surface area (Å²) in [5, 5.41) is 3.25. The first-order valence-corrected chi connectivity index (χ1v) is 25.8. The molecule has 21 heteroatoms. The van der Waals surface area contributed by atoms with Crippen LogP contribution in [-0.2, 0) is 56.1 Å². The molecule has 5 fully saturated rings. The zero-order valence-electron chi connectivity index (χ0n) is 36.3. The Morgan fingerprint density at radius 2 is 1.14 bits per heavy atom. The van der Waals surface area contributed by atoms with Gasteiger partial charge in [0.15, 0.2) is 5.78 Å². The summed E-state index contributed by atoms with van der Waals surface area (Å²) in [7, 11) is 4.04. The Morgan fingerprint density at radius 3 is 1.61 bits per heavy atom. The number of carbonyl (C=O) groups is 6. The first-order chi connectivity index (χ1) is 30.4. The first-order valence-electron chi connectivity index (χ1n) is 20.6. The molecular formula is C43H60BrN3O11S6. The second-order valence-electron chi connectivity index (χ2n) is 14.7. The smallest absolute Gasteiger partial charge is 0.411 e. The number of benzene rings is 2. The average molecular weight is 1070 g/mol. The molecule has 1 N–H and O–H groups in total. The van der Waals surface area contributed by atoms with Crippen LogP contribution in [-0.4, -0.2) is 147 Å². The molecule has 14 nitrogen and oxygen atoms in total. The van der Waals surface area contributed by atoms with Crippen molar-refractivity contribution in [1.82, 2.24) is 15.1 Å². The third-order valence-electron chi connectivity index (χ3n) is 10.2. The van der Waals surface area contributed by atoms with Crippen molar-refractivity contribution in [1.29, 1.82) is 0 Å². The van der Waals surface area contributed by atoms with E-state index in [9.17, 15) is 28.8 Å². The van der Waals surface area contributed by atoms with Crippen molar-refractivity contribution >= 4 is 125 Å². The minimum Gasteiger partial charge on any atom is -0.468 e. The number of ketones is 1. The number of rotatable bonds is 9. The first kappa shape index (κ1) is 55.9. The predicted octanol–water partition coefficient (Wildman–Crippen LogP) is 7.18. The van der Waals surface area contributed by atoms with Gasteiger partial charge in [-0.1, -0.05) is 60.7 Å². The molecule has 356 valence electrons. The number of likely N-dealkylation sites (tertiary alicyclic amines) is 2. The average Bonchev–Trinajstić information content (AvgIpc) is 4.04. The van der Waals surface area contributed by atoms with Crippen molar-refractivity contribution in [2.24, 2.45) is 0 Å². The van der Waals surface area contributed by atoms with Gasteiger partial charge in [0.25, 0.3) is 0 Å². The normalized spacial score (nSPS) is 21.3. The molecule has 2 spiro atoms. The van der Waals surface area contributed by atoms with Gasteiger partial charge in [0.1, 0.15) is 31.3 Å². The number of methoxy groups -OCH3 is 3. The number of thiol groups is 2. The van der Waals surface area contributed by atoms with Crippen LogP contribution in [0.1, 0.15) is 49.7 Å². The third kappa shape index (κ3) is 17.4. The van der Waals surface area contributed by atoms with Crippen LogP contribution in [0.3, 0.4) is 0 Å². The van der Waals surface area contributed by atoms with Gasteiger partial charge in [0.05, 0.1) is 36.0 Å². The Hall–Kier alpha value is -2.40. The van der Waals surface area contributed by atoms with Gasteiger partial charge in [-0.3, -0.25) is 19.4 Å². The van der Waals surface area contributed by atoms with Gasteiger partial charge in [-0.2, -0.15) is 25.3 Å². The molecule has 5 aliphatic rings. The Morgan fingerprint density at radius 1 is 0.672 bits per heavy atom. The van der Waals surface area contributed by atoms with E-state index < -0.39 is 30.2 Å². The van der Waals surface area contributed by atoms with E-state index >= 15 is 0 Å². The number of amides is 2. The molecule has 0 bridgehead atoms. The fourth-order valence-electron chi connectivity index (χ4n) is 6.99. The Labute approximate surface area is 415 Å². The molecule has 0 unspecified atom stereocenters. The molecule has 2 aromatic rings. The van der Waals surface area contributed by atoms with Crippen LogP contribution in [0.4, 0.5) is 9.59 Å². The lowest BCUT2D eigenvalue weighted by Gasteiger charge is -2.31. The topological polar surface area (TPSA) is 167 Å². The fraction of sp³-hybridized carbons (Fsp3) is 0.581. The lowest BCUT2D eigenvalue weighted by atomic mass is 10.2. The van der Waals surface area contributed by atoms with Gasteiger partial charge in [0, 0.05) is 25.9 Å². The van der Waals surface area contributed by atoms with Crippen molar-refractivity contribution in [2.45, 2.75) is 78.0 Å². The Kier molecular flexibility index (Phi) is 25.7. The van der Waals surface area contributed by atoms with E-state index in [1.807, 2.05) is 108 Å².